The highest BCUT2D eigenvalue weighted by Gasteiger charge is 1.79. The summed E-state index contributed by atoms with van der Waals surface area (Å²) in [4.78, 5) is 0. The van der Waals surface area contributed by atoms with Crippen molar-refractivity contribution < 1.29 is 0 Å². The highest BCUT2D eigenvalue weighted by atomic mass is 14.2. The maximum Gasteiger partial charge on any atom is 0.0663 e. The zero-order chi connectivity index (χ0) is 7.66. The van der Waals surface area contributed by atoms with Gasteiger partial charge in [-0.3, -0.25) is 0 Å². The molecule has 0 unspecified atom stereocenters. The van der Waals surface area contributed by atoms with E-state index < -0.39 is 0 Å². The molecular weight excluding hydrogens is 124 g/mol. The van der Waals surface area contributed by atoms with Gasteiger partial charge in [0.2, 0.25) is 0 Å². The lowest BCUT2D eigenvalue weighted by Gasteiger charge is -1.83. The first kappa shape index (κ1) is 8.72. The van der Waals surface area contributed by atoms with Crippen LogP contribution in [0.1, 0.15) is 25.7 Å². The van der Waals surface area contributed by atoms with Crippen molar-refractivity contribution in [2.45, 2.75) is 25.7 Å². The first-order chi connectivity index (χ1) is 4.91. The predicted octanol–water partition coefficient (Wildman–Crippen LogP) is 2.15. The van der Waals surface area contributed by atoms with Crippen LogP contribution in [0.3, 0.4) is 0 Å². The van der Waals surface area contributed by atoms with E-state index in [1.54, 1.807) is 0 Å². The van der Waals surface area contributed by atoms with Crippen LogP contribution in [0.4, 0.5) is 0 Å². The minimum atomic E-state index is 0.479. The zero-order valence-corrected chi connectivity index (χ0v) is 5.88. The SMILES string of the molecule is N#CCC=CCCCC#N. The van der Waals surface area contributed by atoms with E-state index in [0.717, 1.165) is 12.8 Å². The molecule has 10 heavy (non-hydrogen) atoms. The summed E-state index contributed by atoms with van der Waals surface area (Å²) in [6.07, 6.45) is 6.68. The van der Waals surface area contributed by atoms with Gasteiger partial charge in [0.1, 0.15) is 0 Å². The molecule has 52 valence electrons. The second-order valence-electron chi connectivity index (χ2n) is 1.88. The molecule has 2 nitrogen and oxygen atoms in total. The Bertz CT molecular complexity index is 169. The minimum absolute atomic E-state index is 0.479. The number of rotatable bonds is 4. The summed E-state index contributed by atoms with van der Waals surface area (Å²) in [5, 5.41) is 16.3. The Morgan fingerprint density at radius 2 is 1.90 bits per heavy atom. The van der Waals surface area contributed by atoms with Gasteiger partial charge in [-0.2, -0.15) is 10.5 Å². The van der Waals surface area contributed by atoms with Crippen LogP contribution in [0, 0.1) is 22.7 Å². The molecule has 0 rings (SSSR count). The summed E-state index contributed by atoms with van der Waals surface area (Å²) in [7, 11) is 0. The van der Waals surface area contributed by atoms with Crippen molar-refractivity contribution in [3.63, 3.8) is 0 Å². The van der Waals surface area contributed by atoms with Crippen molar-refractivity contribution in [2.24, 2.45) is 0 Å². The first-order valence-corrected chi connectivity index (χ1v) is 3.30. The number of unbranched alkanes of at least 4 members (excludes halogenated alkanes) is 2. The van der Waals surface area contributed by atoms with Crippen molar-refractivity contribution in [3.8, 4) is 12.1 Å². The van der Waals surface area contributed by atoms with Crippen molar-refractivity contribution in [1.29, 1.82) is 10.5 Å². The first-order valence-electron chi connectivity index (χ1n) is 3.30. The summed E-state index contributed by atoms with van der Waals surface area (Å²) in [6.45, 7) is 0. The molecule has 0 aromatic rings. The average Bonchev–Trinajstić information content (AvgIpc) is 1.97. The van der Waals surface area contributed by atoms with Crippen molar-refractivity contribution in [1.82, 2.24) is 0 Å². The van der Waals surface area contributed by atoms with Gasteiger partial charge in [0.25, 0.3) is 0 Å². The Balaban J connectivity index is 3.06. The molecule has 0 amide bonds. The lowest BCUT2D eigenvalue weighted by atomic mass is 10.2. The molecule has 0 heterocycles. The molecule has 0 bridgehead atoms. The molecule has 2 heteroatoms. The summed E-state index contributed by atoms with van der Waals surface area (Å²) in [6, 6.07) is 4.07. The molecule has 0 aliphatic carbocycles. The fourth-order valence-electron chi connectivity index (χ4n) is 0.553. The number of hydrogen-bond acceptors (Lipinski definition) is 2. The molecule has 0 radical (unpaired) electrons. The van der Waals surface area contributed by atoms with Crippen molar-refractivity contribution in [2.75, 3.05) is 0 Å². The van der Waals surface area contributed by atoms with Crippen molar-refractivity contribution >= 4 is 0 Å². The summed E-state index contributed by atoms with van der Waals surface area (Å²) >= 11 is 0. The topological polar surface area (TPSA) is 47.6 Å². The van der Waals surface area contributed by atoms with E-state index in [9.17, 15) is 0 Å². The predicted molar refractivity (Wildman–Crippen MR) is 38.8 cm³/mol. The maximum atomic E-state index is 8.14. The van der Waals surface area contributed by atoms with Gasteiger partial charge in [0, 0.05) is 6.42 Å². The van der Waals surface area contributed by atoms with E-state index in [0.29, 0.717) is 12.8 Å². The summed E-state index contributed by atoms with van der Waals surface area (Å²) in [5.41, 5.74) is 0. The van der Waals surface area contributed by atoms with Crippen LogP contribution in [-0.4, -0.2) is 0 Å². The third-order valence-corrected chi connectivity index (χ3v) is 1.04. The van der Waals surface area contributed by atoms with E-state index in [4.69, 9.17) is 10.5 Å². The number of allylic oxidation sites excluding steroid dienone is 2. The van der Waals surface area contributed by atoms with E-state index >= 15 is 0 Å². The van der Waals surface area contributed by atoms with Crippen molar-refractivity contribution in [3.05, 3.63) is 12.2 Å². The molecule has 0 fully saturated rings. The Kier molecular flexibility index (Phi) is 6.73. The maximum absolute atomic E-state index is 8.14. The fourth-order valence-corrected chi connectivity index (χ4v) is 0.553. The van der Waals surface area contributed by atoms with Gasteiger partial charge in [-0.1, -0.05) is 12.2 Å². The Hall–Kier alpha value is -1.28. The largest absolute Gasteiger partial charge is 0.198 e. The van der Waals surface area contributed by atoms with Gasteiger partial charge in [-0.25, -0.2) is 0 Å². The van der Waals surface area contributed by atoms with Gasteiger partial charge in [0.15, 0.2) is 0 Å². The molecule has 0 N–H and O–H groups in total. The third kappa shape index (κ3) is 6.72. The molecule has 0 aliphatic rings. The highest BCUT2D eigenvalue weighted by Crippen LogP contribution is 1.95. The molecule has 0 saturated carbocycles. The van der Waals surface area contributed by atoms with E-state index in [1.807, 2.05) is 18.2 Å². The molecule has 0 aliphatic heterocycles. The minimum Gasteiger partial charge on any atom is -0.198 e. The highest BCUT2D eigenvalue weighted by molar-refractivity contribution is 4.90. The lowest BCUT2D eigenvalue weighted by Crippen LogP contribution is -1.68. The number of hydrogen-bond donors (Lipinski definition) is 0. The van der Waals surface area contributed by atoms with E-state index in [2.05, 4.69) is 6.07 Å². The fraction of sp³-hybridized carbons (Fsp3) is 0.500. The Morgan fingerprint density at radius 3 is 2.50 bits per heavy atom. The second kappa shape index (κ2) is 7.72. The Labute approximate surface area is 61.4 Å². The summed E-state index contributed by atoms with van der Waals surface area (Å²) in [5.74, 6) is 0. The second-order valence-corrected chi connectivity index (χ2v) is 1.88. The van der Waals surface area contributed by atoms with Crippen LogP contribution in [0.5, 0.6) is 0 Å². The normalized spacial score (nSPS) is 9.00. The van der Waals surface area contributed by atoms with Gasteiger partial charge >= 0.3 is 0 Å². The average molecular weight is 134 g/mol. The Morgan fingerprint density at radius 1 is 1.10 bits per heavy atom. The standard InChI is InChI=1S/C8H10N2/c9-7-5-3-1-2-4-6-8-10/h1,3H,2,4-6H2. The molecule has 0 saturated heterocycles. The quantitative estimate of drug-likeness (QED) is 0.437. The lowest BCUT2D eigenvalue weighted by molar-refractivity contribution is 0.874. The number of nitrogens with zero attached hydrogens (tertiary/aromatic N) is 2. The summed E-state index contributed by atoms with van der Waals surface area (Å²) < 4.78 is 0. The van der Waals surface area contributed by atoms with Gasteiger partial charge < -0.3 is 0 Å². The zero-order valence-electron chi connectivity index (χ0n) is 5.88. The monoisotopic (exact) mass is 134 g/mol. The van der Waals surface area contributed by atoms with Crippen LogP contribution >= 0.6 is 0 Å². The van der Waals surface area contributed by atoms with Crippen LogP contribution in [0.25, 0.3) is 0 Å². The van der Waals surface area contributed by atoms with Crippen LogP contribution in [0.2, 0.25) is 0 Å². The van der Waals surface area contributed by atoms with Crippen LogP contribution in [-0.2, 0) is 0 Å². The van der Waals surface area contributed by atoms with Crippen LogP contribution in [0.15, 0.2) is 12.2 Å². The number of nitriles is 2. The van der Waals surface area contributed by atoms with Gasteiger partial charge in [-0.15, -0.1) is 0 Å². The van der Waals surface area contributed by atoms with Gasteiger partial charge in [-0.05, 0) is 12.8 Å². The van der Waals surface area contributed by atoms with Gasteiger partial charge in [0.05, 0.1) is 18.6 Å². The van der Waals surface area contributed by atoms with E-state index in [1.165, 1.54) is 0 Å². The molecule has 0 atom stereocenters. The molecular formula is C8H10N2. The molecule has 0 aromatic heterocycles. The smallest absolute Gasteiger partial charge is 0.0663 e. The molecule has 0 spiro atoms. The molecule has 0 aromatic carbocycles. The van der Waals surface area contributed by atoms with E-state index in [-0.39, 0.29) is 0 Å². The van der Waals surface area contributed by atoms with Crippen LogP contribution < -0.4 is 0 Å². The third-order valence-electron chi connectivity index (χ3n) is 1.04.